The van der Waals surface area contributed by atoms with Gasteiger partial charge in [0.05, 0.1) is 11.0 Å². The Bertz CT molecular complexity index is 544. The van der Waals surface area contributed by atoms with E-state index >= 15 is 0 Å². The van der Waals surface area contributed by atoms with Crippen molar-refractivity contribution >= 4 is 22.9 Å². The molecule has 2 heterocycles. The summed E-state index contributed by atoms with van der Waals surface area (Å²) in [6, 6.07) is 8.21. The number of para-hydroxylation sites is 2. The van der Waals surface area contributed by atoms with Crippen molar-refractivity contribution in [3.63, 3.8) is 0 Å². The van der Waals surface area contributed by atoms with Gasteiger partial charge in [-0.2, -0.15) is 0 Å². The maximum atomic E-state index is 11.4. The molecule has 0 bridgehead atoms. The third-order valence-electron chi connectivity index (χ3n) is 3.36. The van der Waals surface area contributed by atoms with Crippen LogP contribution in [0.5, 0.6) is 0 Å². The second-order valence-corrected chi connectivity index (χ2v) is 4.76. The second-order valence-electron chi connectivity index (χ2n) is 4.76. The summed E-state index contributed by atoms with van der Waals surface area (Å²) in [5.74, 6) is 1.00. The Morgan fingerprint density at radius 3 is 3.06 bits per heavy atom. The largest absolute Gasteiger partial charge is 0.351 e. The first-order valence-corrected chi connectivity index (χ1v) is 6.17. The Kier molecular flexibility index (Phi) is 2.66. The quantitative estimate of drug-likeness (QED) is 0.843. The van der Waals surface area contributed by atoms with E-state index in [2.05, 4.69) is 15.3 Å². The van der Waals surface area contributed by atoms with Crippen LogP contribution in [-0.2, 0) is 4.79 Å². The number of aromatic nitrogens is 2. The van der Waals surface area contributed by atoms with Crippen molar-refractivity contribution in [1.29, 1.82) is 0 Å². The molecule has 1 aliphatic rings. The maximum Gasteiger partial charge on any atom is 0.222 e. The van der Waals surface area contributed by atoms with E-state index in [0.29, 0.717) is 6.42 Å². The third-order valence-corrected chi connectivity index (χ3v) is 3.36. The molecule has 1 aliphatic heterocycles. The summed E-state index contributed by atoms with van der Waals surface area (Å²) < 4.78 is 0. The highest BCUT2D eigenvalue weighted by Crippen LogP contribution is 2.17. The Morgan fingerprint density at radius 2 is 2.28 bits per heavy atom. The van der Waals surface area contributed by atoms with E-state index < -0.39 is 0 Å². The summed E-state index contributed by atoms with van der Waals surface area (Å²) in [5, 5.41) is 3.36. The van der Waals surface area contributed by atoms with Crippen LogP contribution >= 0.6 is 0 Å². The van der Waals surface area contributed by atoms with Gasteiger partial charge < -0.3 is 15.2 Å². The zero-order valence-electron chi connectivity index (χ0n) is 10.3. The van der Waals surface area contributed by atoms with Crippen molar-refractivity contribution in [2.75, 3.05) is 18.9 Å². The number of nitrogens with one attached hydrogen (secondary N) is 2. The van der Waals surface area contributed by atoms with Crippen LogP contribution in [0.25, 0.3) is 11.0 Å². The smallest absolute Gasteiger partial charge is 0.222 e. The number of amides is 1. The van der Waals surface area contributed by atoms with Crippen LogP contribution in [-0.4, -0.2) is 40.4 Å². The first-order valence-electron chi connectivity index (χ1n) is 6.17. The summed E-state index contributed by atoms with van der Waals surface area (Å²) in [4.78, 5) is 20.9. The molecule has 5 nitrogen and oxygen atoms in total. The lowest BCUT2D eigenvalue weighted by atomic mass is 10.1. The molecule has 0 spiro atoms. The van der Waals surface area contributed by atoms with E-state index in [9.17, 15) is 4.79 Å². The number of piperidine rings is 1. The molecule has 2 N–H and O–H groups in total. The number of hydrogen-bond acceptors (Lipinski definition) is 3. The molecular weight excluding hydrogens is 228 g/mol. The lowest BCUT2D eigenvalue weighted by Crippen LogP contribution is -2.43. The van der Waals surface area contributed by atoms with Gasteiger partial charge in [-0.15, -0.1) is 0 Å². The van der Waals surface area contributed by atoms with Crippen molar-refractivity contribution in [1.82, 2.24) is 14.9 Å². The van der Waals surface area contributed by atoms with Crippen molar-refractivity contribution < 1.29 is 4.79 Å². The van der Waals surface area contributed by atoms with Crippen LogP contribution in [0.1, 0.15) is 12.8 Å². The maximum absolute atomic E-state index is 11.4. The number of likely N-dealkylation sites (N-methyl/N-ethyl adjacent to an activating group) is 1. The number of fused-ring (bicyclic) bond motifs is 1. The predicted molar refractivity (Wildman–Crippen MR) is 70.4 cm³/mol. The molecule has 0 aliphatic carbocycles. The lowest BCUT2D eigenvalue weighted by Gasteiger charge is -2.29. The molecule has 1 atom stereocenters. The number of carbonyl (C=O) groups is 1. The summed E-state index contributed by atoms with van der Waals surface area (Å²) in [5.41, 5.74) is 1.99. The molecule has 1 saturated heterocycles. The monoisotopic (exact) mass is 244 g/mol. The average Bonchev–Trinajstić information content (AvgIpc) is 2.76. The van der Waals surface area contributed by atoms with Crippen molar-refractivity contribution in [3.8, 4) is 0 Å². The van der Waals surface area contributed by atoms with Gasteiger partial charge in [0.15, 0.2) is 0 Å². The number of likely N-dealkylation sites (tertiary alicyclic amines) is 1. The lowest BCUT2D eigenvalue weighted by molar-refractivity contribution is -0.132. The number of rotatable bonds is 2. The Morgan fingerprint density at radius 1 is 1.44 bits per heavy atom. The highest BCUT2D eigenvalue weighted by Gasteiger charge is 2.23. The molecule has 0 saturated carbocycles. The van der Waals surface area contributed by atoms with Gasteiger partial charge in [0.25, 0.3) is 0 Å². The molecule has 18 heavy (non-hydrogen) atoms. The minimum atomic E-state index is 0.220. The number of anilines is 1. The van der Waals surface area contributed by atoms with Gasteiger partial charge in [-0.05, 0) is 18.6 Å². The molecule has 3 rings (SSSR count). The van der Waals surface area contributed by atoms with Crippen molar-refractivity contribution in [3.05, 3.63) is 24.3 Å². The molecule has 1 aromatic carbocycles. The number of imidazole rings is 1. The predicted octanol–water partition coefficient (Wildman–Crippen LogP) is 1.60. The molecule has 5 heteroatoms. The summed E-state index contributed by atoms with van der Waals surface area (Å²) in [6.07, 6.45) is 1.47. The molecule has 1 aromatic heterocycles. The van der Waals surface area contributed by atoms with E-state index in [4.69, 9.17) is 0 Å². The van der Waals surface area contributed by atoms with Crippen molar-refractivity contribution in [2.24, 2.45) is 0 Å². The number of carbonyl (C=O) groups excluding carboxylic acids is 1. The summed E-state index contributed by atoms with van der Waals surface area (Å²) in [6.45, 7) is 0.732. The zero-order chi connectivity index (χ0) is 12.5. The summed E-state index contributed by atoms with van der Waals surface area (Å²) >= 11 is 0. The molecule has 2 aromatic rings. The normalized spacial score (nSPS) is 20.4. The molecule has 1 fully saturated rings. The van der Waals surface area contributed by atoms with Gasteiger partial charge in [-0.3, -0.25) is 4.79 Å². The fourth-order valence-electron chi connectivity index (χ4n) is 2.34. The van der Waals surface area contributed by atoms with Gasteiger partial charge in [0, 0.05) is 26.1 Å². The van der Waals surface area contributed by atoms with E-state index in [1.165, 1.54) is 0 Å². The molecule has 1 amide bonds. The Labute approximate surface area is 105 Å². The second kappa shape index (κ2) is 4.33. The van der Waals surface area contributed by atoms with Crippen LogP contribution in [0.15, 0.2) is 24.3 Å². The molecule has 1 unspecified atom stereocenters. The first kappa shape index (κ1) is 11.1. The number of aromatic amines is 1. The van der Waals surface area contributed by atoms with Crippen molar-refractivity contribution in [2.45, 2.75) is 18.9 Å². The molecule has 94 valence electrons. The van der Waals surface area contributed by atoms with Crippen LogP contribution in [0.3, 0.4) is 0 Å². The van der Waals surface area contributed by atoms with Gasteiger partial charge in [0.2, 0.25) is 11.9 Å². The minimum absolute atomic E-state index is 0.220. The van der Waals surface area contributed by atoms with E-state index in [-0.39, 0.29) is 11.9 Å². The van der Waals surface area contributed by atoms with Gasteiger partial charge in [-0.1, -0.05) is 12.1 Å². The highest BCUT2D eigenvalue weighted by molar-refractivity contribution is 5.78. The van der Waals surface area contributed by atoms with Gasteiger partial charge in [-0.25, -0.2) is 4.98 Å². The zero-order valence-corrected chi connectivity index (χ0v) is 10.3. The highest BCUT2D eigenvalue weighted by atomic mass is 16.2. The average molecular weight is 244 g/mol. The van der Waals surface area contributed by atoms with Crippen LogP contribution in [0, 0.1) is 0 Å². The molecular formula is C13H16N4O. The SMILES string of the molecule is CN1CC(Nc2nc3ccccc3[nH]2)CCC1=O. The van der Waals surface area contributed by atoms with Crippen LogP contribution in [0.4, 0.5) is 5.95 Å². The topological polar surface area (TPSA) is 61.0 Å². The van der Waals surface area contributed by atoms with Gasteiger partial charge in [0.1, 0.15) is 0 Å². The van der Waals surface area contributed by atoms with E-state index in [0.717, 1.165) is 29.9 Å². The van der Waals surface area contributed by atoms with E-state index in [1.807, 2.05) is 31.3 Å². The Hall–Kier alpha value is -2.04. The number of nitrogens with zero attached hydrogens (tertiary/aromatic N) is 2. The van der Waals surface area contributed by atoms with E-state index in [1.54, 1.807) is 4.90 Å². The standard InChI is InChI=1S/C13H16N4O/c1-17-8-9(6-7-12(17)18)14-13-15-10-4-2-3-5-11(10)16-13/h2-5,9H,6-8H2,1H3,(H2,14,15,16). The number of benzene rings is 1. The number of H-pyrrole nitrogens is 1. The van der Waals surface area contributed by atoms with Crippen LogP contribution < -0.4 is 5.32 Å². The third kappa shape index (κ3) is 2.03. The minimum Gasteiger partial charge on any atom is -0.351 e. The fraction of sp³-hybridized carbons (Fsp3) is 0.385. The van der Waals surface area contributed by atoms with Gasteiger partial charge >= 0.3 is 0 Å². The number of hydrogen-bond donors (Lipinski definition) is 2. The van der Waals surface area contributed by atoms with Crippen LogP contribution in [0.2, 0.25) is 0 Å². The first-order chi connectivity index (χ1) is 8.72. The molecule has 0 radical (unpaired) electrons. The Balaban J connectivity index is 1.74. The fourth-order valence-corrected chi connectivity index (χ4v) is 2.34. The summed E-state index contributed by atoms with van der Waals surface area (Å²) in [7, 11) is 1.84.